The Morgan fingerprint density at radius 1 is 0.900 bits per heavy atom. The molecule has 0 amide bonds. The maximum absolute atomic E-state index is 13.4. The molecular formula is C18H15FO. The molecule has 0 aliphatic rings. The molecule has 0 aromatic heterocycles. The van der Waals surface area contributed by atoms with E-state index in [1.54, 1.807) is 6.07 Å². The summed E-state index contributed by atoms with van der Waals surface area (Å²) in [4.78, 5) is 0. The highest BCUT2D eigenvalue weighted by Crippen LogP contribution is 2.27. The fourth-order valence-corrected chi connectivity index (χ4v) is 2.46. The van der Waals surface area contributed by atoms with Crippen LogP contribution in [0.2, 0.25) is 0 Å². The number of hydrogen-bond donors (Lipinski definition) is 1. The molecule has 100 valence electrons. The van der Waals surface area contributed by atoms with Crippen molar-refractivity contribution in [2.45, 2.75) is 13.0 Å². The lowest BCUT2D eigenvalue weighted by molar-refractivity contribution is 0.219. The van der Waals surface area contributed by atoms with Crippen LogP contribution in [0, 0.1) is 12.7 Å². The van der Waals surface area contributed by atoms with Crippen LogP contribution in [0.4, 0.5) is 4.39 Å². The maximum atomic E-state index is 13.4. The van der Waals surface area contributed by atoms with Crippen molar-refractivity contribution >= 4 is 10.8 Å². The summed E-state index contributed by atoms with van der Waals surface area (Å²) in [5, 5.41) is 12.7. The van der Waals surface area contributed by atoms with E-state index in [-0.39, 0.29) is 5.82 Å². The van der Waals surface area contributed by atoms with Gasteiger partial charge in [-0.05, 0) is 52.6 Å². The fourth-order valence-electron chi connectivity index (χ4n) is 2.46. The summed E-state index contributed by atoms with van der Waals surface area (Å²) in [7, 11) is 0. The Labute approximate surface area is 117 Å². The summed E-state index contributed by atoms with van der Waals surface area (Å²) >= 11 is 0. The van der Waals surface area contributed by atoms with Crippen molar-refractivity contribution in [2.24, 2.45) is 0 Å². The van der Waals surface area contributed by atoms with Gasteiger partial charge in [0.1, 0.15) is 11.9 Å². The molecule has 0 radical (unpaired) electrons. The summed E-state index contributed by atoms with van der Waals surface area (Å²) in [5.41, 5.74) is 2.27. The standard InChI is InChI=1S/C18H15FO/c1-12-6-9-16(19)11-17(12)18(20)15-8-7-13-4-2-3-5-14(13)10-15/h2-11,18,20H,1H3. The van der Waals surface area contributed by atoms with E-state index in [1.165, 1.54) is 12.1 Å². The van der Waals surface area contributed by atoms with E-state index in [0.29, 0.717) is 5.56 Å². The molecule has 0 aliphatic carbocycles. The van der Waals surface area contributed by atoms with Crippen molar-refractivity contribution in [1.82, 2.24) is 0 Å². The highest BCUT2D eigenvalue weighted by atomic mass is 19.1. The number of aryl methyl sites for hydroxylation is 1. The van der Waals surface area contributed by atoms with Gasteiger partial charge < -0.3 is 5.11 Å². The zero-order chi connectivity index (χ0) is 14.1. The zero-order valence-electron chi connectivity index (χ0n) is 11.2. The third-order valence-electron chi connectivity index (χ3n) is 3.63. The first-order chi connectivity index (χ1) is 9.65. The third-order valence-corrected chi connectivity index (χ3v) is 3.63. The highest BCUT2D eigenvalue weighted by molar-refractivity contribution is 5.83. The van der Waals surface area contributed by atoms with E-state index in [0.717, 1.165) is 21.9 Å². The number of fused-ring (bicyclic) bond motifs is 1. The van der Waals surface area contributed by atoms with Crippen LogP contribution in [0.25, 0.3) is 10.8 Å². The summed E-state index contributed by atoms with van der Waals surface area (Å²) in [6.45, 7) is 1.87. The number of hydrogen-bond acceptors (Lipinski definition) is 1. The lowest BCUT2D eigenvalue weighted by Crippen LogP contribution is -2.02. The molecule has 20 heavy (non-hydrogen) atoms. The molecule has 2 heteroatoms. The molecule has 3 aromatic carbocycles. The van der Waals surface area contributed by atoms with E-state index >= 15 is 0 Å². The molecule has 1 N–H and O–H groups in total. The molecule has 0 spiro atoms. The normalized spacial score (nSPS) is 12.6. The number of aliphatic hydroxyl groups excluding tert-OH is 1. The molecule has 3 aromatic rings. The van der Waals surface area contributed by atoms with Gasteiger partial charge in [-0.1, -0.05) is 42.5 Å². The molecule has 1 nitrogen and oxygen atoms in total. The molecule has 0 fully saturated rings. The van der Waals surface area contributed by atoms with Crippen molar-refractivity contribution in [1.29, 1.82) is 0 Å². The van der Waals surface area contributed by atoms with Gasteiger partial charge in [-0.2, -0.15) is 0 Å². The van der Waals surface area contributed by atoms with Crippen LogP contribution in [0.15, 0.2) is 60.7 Å². The van der Waals surface area contributed by atoms with Gasteiger partial charge in [0.25, 0.3) is 0 Å². The quantitative estimate of drug-likeness (QED) is 0.730. The SMILES string of the molecule is Cc1ccc(F)cc1C(O)c1ccc2ccccc2c1. The van der Waals surface area contributed by atoms with Crippen LogP contribution in [-0.2, 0) is 0 Å². The molecular weight excluding hydrogens is 251 g/mol. The molecule has 0 aliphatic heterocycles. The van der Waals surface area contributed by atoms with Gasteiger partial charge in [0.15, 0.2) is 0 Å². The summed E-state index contributed by atoms with van der Waals surface area (Å²) in [6, 6.07) is 18.3. The van der Waals surface area contributed by atoms with Crippen LogP contribution in [0.3, 0.4) is 0 Å². The predicted octanol–water partition coefficient (Wildman–Crippen LogP) is 4.37. The smallest absolute Gasteiger partial charge is 0.123 e. The minimum Gasteiger partial charge on any atom is -0.384 e. The van der Waals surface area contributed by atoms with Crippen LogP contribution in [0.1, 0.15) is 22.8 Å². The first-order valence-corrected chi connectivity index (χ1v) is 6.58. The zero-order valence-corrected chi connectivity index (χ0v) is 11.2. The number of benzene rings is 3. The van der Waals surface area contributed by atoms with Crippen LogP contribution in [-0.4, -0.2) is 5.11 Å². The lowest BCUT2D eigenvalue weighted by atomic mass is 9.95. The summed E-state index contributed by atoms with van der Waals surface area (Å²) < 4.78 is 13.4. The van der Waals surface area contributed by atoms with Crippen LogP contribution in [0.5, 0.6) is 0 Å². The monoisotopic (exact) mass is 266 g/mol. The molecule has 1 atom stereocenters. The summed E-state index contributed by atoms with van der Waals surface area (Å²) in [5.74, 6) is -0.328. The van der Waals surface area contributed by atoms with Gasteiger partial charge in [-0.25, -0.2) is 4.39 Å². The van der Waals surface area contributed by atoms with Crippen LogP contribution < -0.4 is 0 Å². The topological polar surface area (TPSA) is 20.2 Å². The lowest BCUT2D eigenvalue weighted by Gasteiger charge is -2.15. The van der Waals surface area contributed by atoms with Crippen molar-refractivity contribution in [3.05, 3.63) is 83.2 Å². The number of halogens is 1. The highest BCUT2D eigenvalue weighted by Gasteiger charge is 2.14. The van der Waals surface area contributed by atoms with E-state index in [9.17, 15) is 9.50 Å². The second-order valence-electron chi connectivity index (χ2n) is 5.01. The molecule has 0 bridgehead atoms. The van der Waals surface area contributed by atoms with E-state index in [2.05, 4.69) is 0 Å². The van der Waals surface area contributed by atoms with Gasteiger partial charge in [0.2, 0.25) is 0 Å². The van der Waals surface area contributed by atoms with Crippen molar-refractivity contribution in [3.8, 4) is 0 Å². The molecule has 3 rings (SSSR count). The Balaban J connectivity index is 2.07. The first kappa shape index (κ1) is 12.8. The van der Waals surface area contributed by atoms with Gasteiger partial charge in [0.05, 0.1) is 0 Å². The number of rotatable bonds is 2. The average Bonchev–Trinajstić information content (AvgIpc) is 2.48. The minimum absolute atomic E-state index is 0.328. The van der Waals surface area contributed by atoms with E-state index in [1.807, 2.05) is 49.4 Å². The Kier molecular flexibility index (Phi) is 3.25. The van der Waals surface area contributed by atoms with Crippen molar-refractivity contribution in [2.75, 3.05) is 0 Å². The average molecular weight is 266 g/mol. The van der Waals surface area contributed by atoms with Gasteiger partial charge in [-0.15, -0.1) is 0 Å². The van der Waals surface area contributed by atoms with E-state index < -0.39 is 6.10 Å². The Morgan fingerprint density at radius 3 is 2.45 bits per heavy atom. The Hall–Kier alpha value is -2.19. The van der Waals surface area contributed by atoms with Gasteiger partial charge in [-0.3, -0.25) is 0 Å². The second-order valence-corrected chi connectivity index (χ2v) is 5.01. The van der Waals surface area contributed by atoms with Crippen LogP contribution >= 0.6 is 0 Å². The predicted molar refractivity (Wildman–Crippen MR) is 79.1 cm³/mol. The molecule has 0 saturated heterocycles. The maximum Gasteiger partial charge on any atom is 0.123 e. The first-order valence-electron chi connectivity index (χ1n) is 6.58. The van der Waals surface area contributed by atoms with Crippen molar-refractivity contribution < 1.29 is 9.50 Å². The Bertz CT molecular complexity index is 764. The fraction of sp³-hybridized carbons (Fsp3) is 0.111. The molecule has 0 heterocycles. The minimum atomic E-state index is -0.810. The molecule has 0 saturated carbocycles. The van der Waals surface area contributed by atoms with Crippen molar-refractivity contribution in [3.63, 3.8) is 0 Å². The van der Waals surface area contributed by atoms with E-state index in [4.69, 9.17) is 0 Å². The Morgan fingerprint density at radius 2 is 1.65 bits per heavy atom. The summed E-state index contributed by atoms with van der Waals surface area (Å²) in [6.07, 6.45) is -0.810. The van der Waals surface area contributed by atoms with Gasteiger partial charge in [0, 0.05) is 0 Å². The second kappa shape index (κ2) is 5.06. The molecule has 1 unspecified atom stereocenters. The third kappa shape index (κ3) is 2.30. The number of aliphatic hydroxyl groups is 1. The van der Waals surface area contributed by atoms with Gasteiger partial charge >= 0.3 is 0 Å². The largest absolute Gasteiger partial charge is 0.384 e.